The van der Waals surface area contributed by atoms with Crippen molar-refractivity contribution in [1.29, 1.82) is 0 Å². The number of halogens is 2. The van der Waals surface area contributed by atoms with Gasteiger partial charge in [0.05, 0.1) is 7.11 Å². The molecule has 0 aromatic heterocycles. The van der Waals surface area contributed by atoms with Crippen LogP contribution in [0.2, 0.25) is 0 Å². The summed E-state index contributed by atoms with van der Waals surface area (Å²) in [6, 6.07) is 16.5. The van der Waals surface area contributed by atoms with Gasteiger partial charge in [-0.3, -0.25) is 9.69 Å². The first kappa shape index (κ1) is 28.2. The van der Waals surface area contributed by atoms with E-state index in [2.05, 4.69) is 42.3 Å². The van der Waals surface area contributed by atoms with Crippen LogP contribution < -0.4 is 10.1 Å². The van der Waals surface area contributed by atoms with E-state index in [4.69, 9.17) is 4.74 Å². The van der Waals surface area contributed by atoms with Crippen molar-refractivity contribution < 1.29 is 9.53 Å². The summed E-state index contributed by atoms with van der Waals surface area (Å²) in [5.74, 6) is 1.00. The average molecular weight is 482 g/mol. The Kier molecular flexibility index (Phi) is 12.7. The topological polar surface area (TPSA) is 44.8 Å². The normalized spacial score (nSPS) is 15.1. The molecule has 2 aromatic carbocycles. The number of para-hydroxylation sites is 1. The third kappa shape index (κ3) is 7.38. The van der Waals surface area contributed by atoms with Crippen molar-refractivity contribution in [3.63, 3.8) is 0 Å². The molecule has 178 valence electrons. The summed E-state index contributed by atoms with van der Waals surface area (Å²) in [7, 11) is 1.70. The number of nitrogens with zero attached hydrogens (tertiary/aromatic N) is 2. The van der Waals surface area contributed by atoms with E-state index in [0.717, 1.165) is 62.4 Å². The molecule has 1 aliphatic rings. The van der Waals surface area contributed by atoms with E-state index in [0.29, 0.717) is 6.54 Å². The lowest BCUT2D eigenvalue weighted by Gasteiger charge is -2.29. The fraction of sp³-hybridized carbons (Fsp3) is 0.480. The second kappa shape index (κ2) is 14.4. The summed E-state index contributed by atoms with van der Waals surface area (Å²) < 4.78 is 5.49. The van der Waals surface area contributed by atoms with E-state index in [-0.39, 0.29) is 36.8 Å². The third-order valence-electron chi connectivity index (χ3n) is 6.05. The zero-order chi connectivity index (χ0) is 21.3. The van der Waals surface area contributed by atoms with Crippen molar-refractivity contribution in [2.45, 2.75) is 39.3 Å². The summed E-state index contributed by atoms with van der Waals surface area (Å²) in [5.41, 5.74) is 3.15. The highest BCUT2D eigenvalue weighted by Crippen LogP contribution is 2.21. The van der Waals surface area contributed by atoms with Crippen LogP contribution in [-0.4, -0.2) is 61.6 Å². The summed E-state index contributed by atoms with van der Waals surface area (Å²) in [4.78, 5) is 17.8. The molecular formula is C25H37Cl2N3O2. The van der Waals surface area contributed by atoms with Gasteiger partial charge >= 0.3 is 0 Å². The van der Waals surface area contributed by atoms with Gasteiger partial charge in [0.2, 0.25) is 0 Å². The number of benzene rings is 2. The Morgan fingerprint density at radius 3 is 2.34 bits per heavy atom. The lowest BCUT2D eigenvalue weighted by atomic mass is 10.1. The zero-order valence-corrected chi connectivity index (χ0v) is 21.0. The fourth-order valence-corrected chi connectivity index (χ4v) is 4.13. The number of carbonyl (C=O) groups excluding carboxylic acids is 1. The summed E-state index contributed by atoms with van der Waals surface area (Å²) >= 11 is 0. The van der Waals surface area contributed by atoms with Crippen molar-refractivity contribution in [3.05, 3.63) is 65.2 Å². The number of nitrogens with one attached hydrogen (secondary N) is 1. The monoisotopic (exact) mass is 481 g/mol. The number of carbonyl (C=O) groups is 1. The Hall–Kier alpha value is -1.79. The van der Waals surface area contributed by atoms with Crippen molar-refractivity contribution >= 4 is 30.7 Å². The molecule has 1 fully saturated rings. The molecule has 2 aromatic rings. The molecule has 1 saturated heterocycles. The highest BCUT2D eigenvalue weighted by molar-refractivity contribution is 5.94. The quantitative estimate of drug-likeness (QED) is 0.545. The van der Waals surface area contributed by atoms with Crippen LogP contribution in [0.15, 0.2) is 48.5 Å². The van der Waals surface area contributed by atoms with Gasteiger partial charge in [0.15, 0.2) is 0 Å². The third-order valence-corrected chi connectivity index (χ3v) is 6.05. The van der Waals surface area contributed by atoms with Crippen molar-refractivity contribution in [3.8, 4) is 5.75 Å². The highest BCUT2D eigenvalue weighted by Gasteiger charge is 2.27. The Labute approximate surface area is 205 Å². The van der Waals surface area contributed by atoms with E-state index >= 15 is 0 Å². The molecule has 1 N–H and O–H groups in total. The van der Waals surface area contributed by atoms with Crippen molar-refractivity contribution in [2.75, 3.05) is 39.8 Å². The minimum absolute atomic E-state index is 0. The Morgan fingerprint density at radius 2 is 1.75 bits per heavy atom. The second-order valence-electron chi connectivity index (χ2n) is 7.87. The van der Waals surface area contributed by atoms with Crippen molar-refractivity contribution in [1.82, 2.24) is 15.1 Å². The Morgan fingerprint density at radius 1 is 1.06 bits per heavy atom. The van der Waals surface area contributed by atoms with E-state index in [9.17, 15) is 4.79 Å². The van der Waals surface area contributed by atoms with E-state index in [1.54, 1.807) is 7.11 Å². The Bertz CT molecular complexity index is 807. The summed E-state index contributed by atoms with van der Waals surface area (Å²) in [6.45, 7) is 9.85. The van der Waals surface area contributed by atoms with Crippen LogP contribution in [-0.2, 0) is 13.0 Å². The number of hydrogen-bond acceptors (Lipinski definition) is 4. The van der Waals surface area contributed by atoms with Gasteiger partial charge in [0.1, 0.15) is 5.75 Å². The summed E-state index contributed by atoms with van der Waals surface area (Å²) in [5, 5.41) is 3.40. The minimum Gasteiger partial charge on any atom is -0.496 e. The maximum Gasteiger partial charge on any atom is 0.254 e. The van der Waals surface area contributed by atoms with E-state index in [1.165, 1.54) is 5.56 Å². The molecule has 1 amide bonds. The molecule has 1 heterocycles. The van der Waals surface area contributed by atoms with Gasteiger partial charge in [-0.25, -0.2) is 0 Å². The van der Waals surface area contributed by atoms with Crippen LogP contribution in [0.4, 0.5) is 0 Å². The molecule has 0 bridgehead atoms. The standard InChI is InChI=1S/C25H35N3O2.2ClH/c1-4-27(5-2)19-20-10-12-22(13-11-20)25(29)28(23-14-16-26-18-23)17-15-21-8-6-7-9-24(21)30-3;;/h6-13,23,26H,4-5,14-19H2,1-3H3;2*1H/t23-;;/m0../s1. The largest absolute Gasteiger partial charge is 0.496 e. The minimum atomic E-state index is 0. The highest BCUT2D eigenvalue weighted by atomic mass is 35.5. The predicted octanol–water partition coefficient (Wildman–Crippen LogP) is 4.43. The molecule has 0 saturated carbocycles. The van der Waals surface area contributed by atoms with Gasteiger partial charge in [-0.2, -0.15) is 0 Å². The number of amides is 1. The first-order chi connectivity index (χ1) is 14.7. The van der Waals surface area contributed by atoms with E-state index < -0.39 is 0 Å². The molecular weight excluding hydrogens is 445 g/mol. The molecule has 5 nitrogen and oxygen atoms in total. The molecule has 1 atom stereocenters. The number of methoxy groups -OCH3 is 1. The molecule has 0 radical (unpaired) electrons. The van der Waals surface area contributed by atoms with Gasteiger partial charge in [-0.1, -0.05) is 44.2 Å². The van der Waals surface area contributed by atoms with Crippen LogP contribution in [0.25, 0.3) is 0 Å². The van der Waals surface area contributed by atoms with Crippen LogP contribution in [0, 0.1) is 0 Å². The van der Waals surface area contributed by atoms with Gasteiger partial charge in [0.25, 0.3) is 5.91 Å². The zero-order valence-electron chi connectivity index (χ0n) is 19.4. The van der Waals surface area contributed by atoms with Crippen molar-refractivity contribution in [2.24, 2.45) is 0 Å². The number of rotatable bonds is 10. The van der Waals surface area contributed by atoms with Gasteiger partial charge in [-0.15, -0.1) is 24.8 Å². The first-order valence-corrected chi connectivity index (χ1v) is 11.1. The van der Waals surface area contributed by atoms with Crippen LogP contribution in [0.3, 0.4) is 0 Å². The average Bonchev–Trinajstić information content (AvgIpc) is 3.32. The predicted molar refractivity (Wildman–Crippen MR) is 137 cm³/mol. The molecule has 32 heavy (non-hydrogen) atoms. The van der Waals surface area contributed by atoms with E-state index in [1.807, 2.05) is 35.2 Å². The van der Waals surface area contributed by atoms with Crippen LogP contribution in [0.5, 0.6) is 5.75 Å². The molecule has 3 rings (SSSR count). The molecule has 0 unspecified atom stereocenters. The number of hydrogen-bond donors (Lipinski definition) is 1. The SMILES string of the molecule is CCN(CC)Cc1ccc(C(=O)N(CCc2ccccc2OC)[C@H]2CCNC2)cc1.Cl.Cl. The molecule has 7 heteroatoms. The smallest absolute Gasteiger partial charge is 0.254 e. The Balaban J connectivity index is 0.00000256. The maximum atomic E-state index is 13.4. The first-order valence-electron chi connectivity index (χ1n) is 11.1. The molecule has 0 aliphatic carbocycles. The lowest BCUT2D eigenvalue weighted by Crippen LogP contribution is -2.42. The molecule has 0 spiro atoms. The maximum absolute atomic E-state index is 13.4. The van der Waals surface area contributed by atoms with Gasteiger partial charge in [-0.05, 0) is 61.8 Å². The fourth-order valence-electron chi connectivity index (χ4n) is 4.13. The second-order valence-corrected chi connectivity index (χ2v) is 7.87. The molecule has 1 aliphatic heterocycles. The van der Waals surface area contributed by atoms with Gasteiger partial charge in [0, 0.05) is 31.2 Å². The van der Waals surface area contributed by atoms with Crippen LogP contribution >= 0.6 is 24.8 Å². The van der Waals surface area contributed by atoms with Gasteiger partial charge < -0.3 is 15.0 Å². The lowest BCUT2D eigenvalue weighted by molar-refractivity contribution is 0.0694. The number of ether oxygens (including phenoxy) is 1. The summed E-state index contributed by atoms with van der Waals surface area (Å²) in [6.07, 6.45) is 1.78. The van der Waals surface area contributed by atoms with Crippen LogP contribution in [0.1, 0.15) is 41.8 Å².